The van der Waals surface area contributed by atoms with Crippen molar-refractivity contribution in [3.63, 3.8) is 0 Å². The van der Waals surface area contributed by atoms with Crippen LogP contribution in [0.1, 0.15) is 52.8 Å². The summed E-state index contributed by atoms with van der Waals surface area (Å²) in [6.45, 7) is 1.27. The van der Waals surface area contributed by atoms with Crippen molar-refractivity contribution in [3.8, 4) is 0 Å². The molecule has 1 aromatic carbocycles. The average Bonchev–Trinajstić information content (AvgIpc) is 2.84. The zero-order chi connectivity index (χ0) is 21.7. The normalized spacial score (nSPS) is 18.8. The van der Waals surface area contributed by atoms with Crippen LogP contribution in [0.5, 0.6) is 0 Å². The van der Waals surface area contributed by atoms with E-state index in [9.17, 15) is 24.0 Å². The van der Waals surface area contributed by atoms with E-state index in [0.29, 0.717) is 19.5 Å². The highest BCUT2D eigenvalue weighted by Gasteiger charge is 2.44. The summed E-state index contributed by atoms with van der Waals surface area (Å²) >= 11 is 0. The van der Waals surface area contributed by atoms with Gasteiger partial charge in [0.1, 0.15) is 6.04 Å². The van der Waals surface area contributed by atoms with E-state index in [-0.39, 0.29) is 42.1 Å². The number of benzene rings is 1. The molecule has 1 fully saturated rings. The molecule has 0 radical (unpaired) electrons. The fourth-order valence-corrected chi connectivity index (χ4v) is 3.60. The van der Waals surface area contributed by atoms with Crippen molar-refractivity contribution in [3.05, 3.63) is 29.3 Å². The number of hydrogen-bond donors (Lipinski definition) is 4. The van der Waals surface area contributed by atoms with Crippen LogP contribution in [0.25, 0.3) is 0 Å². The van der Waals surface area contributed by atoms with E-state index in [1.807, 2.05) is 0 Å². The van der Waals surface area contributed by atoms with Crippen molar-refractivity contribution in [2.45, 2.75) is 38.1 Å². The molecule has 2 aliphatic rings. The number of nitrogens with two attached hydrogens (primary N) is 1. The smallest absolute Gasteiger partial charge is 0.264 e. The highest BCUT2D eigenvalue weighted by Crippen LogP contribution is 2.32. The van der Waals surface area contributed by atoms with E-state index >= 15 is 0 Å². The third kappa shape index (κ3) is 4.55. The summed E-state index contributed by atoms with van der Waals surface area (Å²) < 4.78 is 0. The number of hydrogen-bond acceptors (Lipinski definition) is 7. The molecule has 10 heteroatoms. The van der Waals surface area contributed by atoms with Gasteiger partial charge in [-0.15, -0.1) is 0 Å². The van der Waals surface area contributed by atoms with E-state index in [2.05, 4.69) is 16.0 Å². The molecule has 0 saturated carbocycles. The number of amides is 5. The molecular formula is C20H25N5O5. The quantitative estimate of drug-likeness (QED) is 0.337. The first-order chi connectivity index (χ1) is 14.4. The van der Waals surface area contributed by atoms with Gasteiger partial charge < -0.3 is 16.4 Å². The Balaban J connectivity index is 1.74. The van der Waals surface area contributed by atoms with Gasteiger partial charge in [-0.1, -0.05) is 6.07 Å². The molecule has 10 nitrogen and oxygen atoms in total. The molecule has 2 heterocycles. The Morgan fingerprint density at radius 3 is 2.73 bits per heavy atom. The maximum Gasteiger partial charge on any atom is 0.264 e. The lowest BCUT2D eigenvalue weighted by Crippen LogP contribution is -2.49. The first-order valence-corrected chi connectivity index (χ1v) is 9.99. The molecule has 30 heavy (non-hydrogen) atoms. The SMILES string of the molecule is NCCCCNCC(=O)Nc1cccc2c1C(=O)N([C@H]1CCCC(=O)NC1=O)C2=O. The lowest BCUT2D eigenvalue weighted by Gasteiger charge is -2.23. The molecule has 160 valence electrons. The van der Waals surface area contributed by atoms with Crippen LogP contribution in [0, 0.1) is 0 Å². The Hall–Kier alpha value is -3.11. The minimum absolute atomic E-state index is 0.0488. The Labute approximate surface area is 173 Å². The molecule has 1 saturated heterocycles. The second-order valence-electron chi connectivity index (χ2n) is 7.25. The van der Waals surface area contributed by atoms with Crippen LogP contribution in [0.15, 0.2) is 18.2 Å². The van der Waals surface area contributed by atoms with Crippen molar-refractivity contribution < 1.29 is 24.0 Å². The number of nitrogens with zero attached hydrogens (tertiary/aromatic N) is 1. The molecule has 1 aromatic rings. The van der Waals surface area contributed by atoms with E-state index in [4.69, 9.17) is 5.73 Å². The molecule has 5 amide bonds. The van der Waals surface area contributed by atoms with Gasteiger partial charge in [-0.2, -0.15) is 0 Å². The van der Waals surface area contributed by atoms with Crippen molar-refractivity contribution in [2.24, 2.45) is 5.73 Å². The molecule has 3 rings (SSSR count). The molecule has 0 spiro atoms. The zero-order valence-electron chi connectivity index (χ0n) is 16.5. The number of rotatable bonds is 8. The molecule has 5 N–H and O–H groups in total. The second-order valence-corrected chi connectivity index (χ2v) is 7.25. The number of fused-ring (bicyclic) bond motifs is 1. The fourth-order valence-electron chi connectivity index (χ4n) is 3.60. The molecule has 2 aliphatic heterocycles. The number of unbranched alkanes of at least 4 members (excludes halogenated alkanes) is 1. The summed E-state index contributed by atoms with van der Waals surface area (Å²) in [5, 5.41) is 7.86. The molecule has 0 unspecified atom stereocenters. The van der Waals surface area contributed by atoms with E-state index in [1.54, 1.807) is 6.07 Å². The van der Waals surface area contributed by atoms with Crippen LogP contribution >= 0.6 is 0 Å². The Morgan fingerprint density at radius 1 is 1.17 bits per heavy atom. The predicted molar refractivity (Wildman–Crippen MR) is 108 cm³/mol. The topological polar surface area (TPSA) is 151 Å². The van der Waals surface area contributed by atoms with Gasteiger partial charge in [0.2, 0.25) is 17.7 Å². The van der Waals surface area contributed by atoms with Crippen molar-refractivity contribution >= 4 is 35.2 Å². The van der Waals surface area contributed by atoms with Crippen LogP contribution in [-0.2, 0) is 14.4 Å². The Bertz CT molecular complexity index is 884. The van der Waals surface area contributed by atoms with Crippen LogP contribution in [-0.4, -0.2) is 60.1 Å². The average molecular weight is 415 g/mol. The first kappa shape index (κ1) is 21.6. The van der Waals surface area contributed by atoms with E-state index < -0.39 is 29.7 Å². The van der Waals surface area contributed by atoms with Crippen LogP contribution in [0.2, 0.25) is 0 Å². The monoisotopic (exact) mass is 415 g/mol. The molecule has 0 aliphatic carbocycles. The number of carbonyl (C=O) groups excluding carboxylic acids is 5. The lowest BCUT2D eigenvalue weighted by atomic mass is 10.1. The molecule has 1 atom stereocenters. The van der Waals surface area contributed by atoms with Gasteiger partial charge in [0.25, 0.3) is 11.8 Å². The Morgan fingerprint density at radius 2 is 1.97 bits per heavy atom. The van der Waals surface area contributed by atoms with Gasteiger partial charge in [0, 0.05) is 6.42 Å². The van der Waals surface area contributed by atoms with Crippen molar-refractivity contribution in [1.82, 2.24) is 15.5 Å². The van der Waals surface area contributed by atoms with Gasteiger partial charge in [-0.05, 0) is 50.9 Å². The minimum atomic E-state index is -1.06. The van der Waals surface area contributed by atoms with Crippen molar-refractivity contribution in [2.75, 3.05) is 25.0 Å². The summed E-state index contributed by atoms with van der Waals surface area (Å²) in [6, 6.07) is 3.53. The first-order valence-electron chi connectivity index (χ1n) is 9.99. The summed E-state index contributed by atoms with van der Waals surface area (Å²) in [6.07, 6.45) is 2.45. The van der Waals surface area contributed by atoms with Gasteiger partial charge in [-0.25, -0.2) is 0 Å². The molecular weight excluding hydrogens is 390 g/mol. The van der Waals surface area contributed by atoms with Gasteiger partial charge in [0.15, 0.2) is 0 Å². The molecule has 0 aromatic heterocycles. The summed E-state index contributed by atoms with van der Waals surface area (Å²) in [5.74, 6) is -2.71. The van der Waals surface area contributed by atoms with E-state index in [0.717, 1.165) is 17.7 Å². The number of nitrogens with one attached hydrogen (secondary N) is 3. The zero-order valence-corrected chi connectivity index (χ0v) is 16.5. The summed E-state index contributed by atoms with van der Waals surface area (Å²) in [7, 11) is 0. The van der Waals surface area contributed by atoms with Crippen molar-refractivity contribution in [1.29, 1.82) is 0 Å². The van der Waals surface area contributed by atoms with Crippen LogP contribution in [0.3, 0.4) is 0 Å². The maximum absolute atomic E-state index is 13.0. The highest BCUT2D eigenvalue weighted by molar-refractivity contribution is 6.26. The highest BCUT2D eigenvalue weighted by atomic mass is 16.2. The molecule has 0 bridgehead atoms. The predicted octanol–water partition coefficient (Wildman–Crippen LogP) is -0.255. The number of anilines is 1. The third-order valence-corrected chi connectivity index (χ3v) is 5.07. The Kier molecular flexibility index (Phi) is 6.91. The number of carbonyl (C=O) groups is 5. The lowest BCUT2D eigenvalue weighted by molar-refractivity contribution is -0.131. The minimum Gasteiger partial charge on any atom is -0.330 e. The van der Waals surface area contributed by atoms with Gasteiger partial charge in [0.05, 0.1) is 23.4 Å². The van der Waals surface area contributed by atoms with E-state index in [1.165, 1.54) is 12.1 Å². The second kappa shape index (κ2) is 9.59. The standard InChI is InChI=1S/C20H25N5O5/c21-9-1-2-10-22-11-16(27)23-13-6-3-5-12-17(13)20(30)25(19(12)29)14-7-4-8-15(26)24-18(14)28/h3,5-6,14,22H,1-2,4,7-11,21H2,(H,23,27)(H,24,26,28)/t14-/m0/s1. The van der Waals surface area contributed by atoms with Gasteiger partial charge in [-0.3, -0.25) is 34.2 Å². The summed E-state index contributed by atoms with van der Waals surface area (Å²) in [4.78, 5) is 63.0. The van der Waals surface area contributed by atoms with Gasteiger partial charge >= 0.3 is 0 Å². The van der Waals surface area contributed by atoms with Crippen LogP contribution < -0.4 is 21.7 Å². The maximum atomic E-state index is 13.0. The third-order valence-electron chi connectivity index (χ3n) is 5.07. The summed E-state index contributed by atoms with van der Waals surface area (Å²) in [5.41, 5.74) is 5.82. The number of imide groups is 2. The fraction of sp³-hybridized carbons (Fsp3) is 0.450. The van der Waals surface area contributed by atoms with Crippen LogP contribution in [0.4, 0.5) is 5.69 Å². The largest absolute Gasteiger partial charge is 0.330 e.